The molecule has 0 amide bonds. The first-order chi connectivity index (χ1) is 14.0. The summed E-state index contributed by atoms with van der Waals surface area (Å²) in [7, 11) is 0. The average molecular weight is 458 g/mol. The Balaban J connectivity index is 1.78. The normalized spacial score (nSPS) is 12.4. The van der Waals surface area contributed by atoms with Crippen molar-refractivity contribution in [2.45, 2.75) is 37.4 Å². The molecular formula is C20H19ClF3N3O2S. The minimum atomic E-state index is -4.58. The molecule has 2 aromatic heterocycles. The van der Waals surface area contributed by atoms with Crippen molar-refractivity contribution < 1.29 is 22.7 Å². The van der Waals surface area contributed by atoms with Crippen molar-refractivity contribution >= 4 is 35.0 Å². The molecule has 0 spiro atoms. The number of thioether (sulfide) groups is 1. The molecule has 2 heterocycles. The molecule has 0 aliphatic heterocycles. The molecule has 0 saturated heterocycles. The fourth-order valence-corrected chi connectivity index (χ4v) is 3.59. The number of esters is 1. The monoisotopic (exact) mass is 457 g/mol. The van der Waals surface area contributed by atoms with Crippen LogP contribution in [0.25, 0.3) is 5.65 Å². The molecule has 3 rings (SSSR count). The number of alkyl halides is 3. The molecule has 0 unspecified atom stereocenters. The van der Waals surface area contributed by atoms with Crippen LogP contribution < -0.4 is 0 Å². The van der Waals surface area contributed by atoms with Crippen LogP contribution in [0.5, 0.6) is 0 Å². The van der Waals surface area contributed by atoms with Crippen molar-refractivity contribution in [3.8, 4) is 0 Å². The number of benzene rings is 1. The Hall–Kier alpha value is -2.26. The average Bonchev–Trinajstić information content (AvgIpc) is 3.09. The lowest BCUT2D eigenvalue weighted by Crippen LogP contribution is -2.13. The Labute approximate surface area is 180 Å². The van der Waals surface area contributed by atoms with Gasteiger partial charge >= 0.3 is 12.1 Å². The summed E-state index contributed by atoms with van der Waals surface area (Å²) in [6.45, 7) is 5.74. The van der Waals surface area contributed by atoms with Gasteiger partial charge in [-0.1, -0.05) is 44.5 Å². The Morgan fingerprint density at radius 1 is 1.17 bits per heavy atom. The lowest BCUT2D eigenvalue weighted by molar-refractivity contribution is -0.141. The zero-order chi connectivity index (χ0) is 22.1. The van der Waals surface area contributed by atoms with Gasteiger partial charge in [0.1, 0.15) is 17.3 Å². The number of halogens is 4. The first kappa shape index (κ1) is 22.4. The number of fused-ring (bicyclic) bond motifs is 1. The highest BCUT2D eigenvalue weighted by Gasteiger charge is 2.34. The second kappa shape index (κ2) is 8.47. The van der Waals surface area contributed by atoms with Crippen LogP contribution in [-0.4, -0.2) is 32.9 Å². The predicted octanol–water partition coefficient (Wildman–Crippen LogP) is 5.65. The van der Waals surface area contributed by atoms with Gasteiger partial charge in [0.25, 0.3) is 0 Å². The zero-order valence-corrected chi connectivity index (χ0v) is 18.0. The van der Waals surface area contributed by atoms with Crippen LogP contribution in [0, 0.1) is 0 Å². The Morgan fingerprint density at radius 3 is 2.50 bits per heavy atom. The van der Waals surface area contributed by atoms with Gasteiger partial charge in [-0.15, -0.1) is 11.8 Å². The van der Waals surface area contributed by atoms with Gasteiger partial charge in [-0.3, -0.25) is 0 Å². The number of aromatic nitrogens is 3. The summed E-state index contributed by atoms with van der Waals surface area (Å²) in [6.07, 6.45) is -4.58. The fraction of sp³-hybridized carbons (Fsp3) is 0.350. The van der Waals surface area contributed by atoms with E-state index in [1.807, 2.05) is 20.8 Å². The Bertz CT molecular complexity index is 1080. The highest BCUT2D eigenvalue weighted by atomic mass is 35.5. The maximum atomic E-state index is 13.3. The van der Waals surface area contributed by atoms with Gasteiger partial charge in [0, 0.05) is 23.3 Å². The molecule has 0 aliphatic carbocycles. The molecule has 30 heavy (non-hydrogen) atoms. The van der Waals surface area contributed by atoms with Gasteiger partial charge in [-0.2, -0.15) is 18.3 Å². The summed E-state index contributed by atoms with van der Waals surface area (Å²) in [4.78, 5) is 15.8. The number of rotatable bonds is 5. The van der Waals surface area contributed by atoms with E-state index in [1.54, 1.807) is 24.3 Å². The molecule has 10 heteroatoms. The zero-order valence-electron chi connectivity index (χ0n) is 16.5. The van der Waals surface area contributed by atoms with Gasteiger partial charge in [-0.25, -0.2) is 14.3 Å². The lowest BCUT2D eigenvalue weighted by atomic mass is 9.93. The van der Waals surface area contributed by atoms with Crippen LogP contribution >= 0.6 is 23.4 Å². The molecule has 5 nitrogen and oxygen atoms in total. The largest absolute Gasteiger partial charge is 0.461 e. The maximum Gasteiger partial charge on any atom is 0.433 e. The second-order valence-electron chi connectivity index (χ2n) is 7.49. The summed E-state index contributed by atoms with van der Waals surface area (Å²) in [5, 5.41) is 4.95. The number of carbonyl (C=O) groups is 1. The molecular weight excluding hydrogens is 439 g/mol. The highest BCUT2D eigenvalue weighted by molar-refractivity contribution is 7.99. The summed E-state index contributed by atoms with van der Waals surface area (Å²) in [5.74, 6) is -0.358. The molecule has 0 bridgehead atoms. The minimum absolute atomic E-state index is 0.00666. The third kappa shape index (κ3) is 5.07. The number of hydrogen-bond acceptors (Lipinski definition) is 5. The third-order valence-electron chi connectivity index (χ3n) is 4.11. The summed E-state index contributed by atoms with van der Waals surface area (Å²) in [5.41, 5.74) is -0.368. The molecule has 0 atom stereocenters. The third-order valence-corrected chi connectivity index (χ3v) is 5.40. The van der Waals surface area contributed by atoms with Gasteiger partial charge in [0.15, 0.2) is 5.65 Å². The van der Waals surface area contributed by atoms with E-state index >= 15 is 0 Å². The van der Waals surface area contributed by atoms with Crippen molar-refractivity contribution in [3.05, 3.63) is 58.4 Å². The predicted molar refractivity (Wildman–Crippen MR) is 109 cm³/mol. The smallest absolute Gasteiger partial charge is 0.433 e. The Kier molecular flexibility index (Phi) is 6.33. The van der Waals surface area contributed by atoms with E-state index in [0.717, 1.165) is 17.8 Å². The van der Waals surface area contributed by atoms with Crippen LogP contribution in [-0.2, 0) is 16.3 Å². The first-order valence-corrected chi connectivity index (χ1v) is 10.4. The Morgan fingerprint density at radius 2 is 1.87 bits per heavy atom. The standard InChI is InChI=1S/C20H19ClF3N3O2S/c1-19(2,3)14-10-16-25-15(20(22,23)24)11-17(27(16)26-14)30-9-8-29-18(28)12-6-4-5-7-13(12)21/h4-7,10-11H,8-9H2,1-3H3. The van der Waals surface area contributed by atoms with Gasteiger partial charge in [0.05, 0.1) is 16.3 Å². The molecule has 3 aromatic rings. The van der Waals surface area contributed by atoms with E-state index in [4.69, 9.17) is 16.3 Å². The summed E-state index contributed by atoms with van der Waals surface area (Å²) in [6, 6.07) is 8.97. The minimum Gasteiger partial charge on any atom is -0.461 e. The SMILES string of the molecule is CC(C)(C)c1cc2nc(C(F)(F)F)cc(SCCOC(=O)c3ccccc3Cl)n2n1. The van der Waals surface area contributed by atoms with Gasteiger partial charge in [0.2, 0.25) is 0 Å². The number of hydrogen-bond donors (Lipinski definition) is 0. The molecule has 0 N–H and O–H groups in total. The van der Waals surface area contributed by atoms with Crippen molar-refractivity contribution in [3.63, 3.8) is 0 Å². The van der Waals surface area contributed by atoms with Crippen molar-refractivity contribution in [2.75, 3.05) is 12.4 Å². The number of nitrogens with zero attached hydrogens (tertiary/aromatic N) is 3. The van der Waals surface area contributed by atoms with Crippen LogP contribution in [0.1, 0.15) is 42.5 Å². The van der Waals surface area contributed by atoms with E-state index < -0.39 is 17.8 Å². The van der Waals surface area contributed by atoms with Gasteiger partial charge < -0.3 is 4.74 Å². The van der Waals surface area contributed by atoms with Crippen LogP contribution in [0.4, 0.5) is 13.2 Å². The van der Waals surface area contributed by atoms with Gasteiger partial charge in [-0.05, 0) is 12.1 Å². The number of ether oxygens (including phenoxy) is 1. The van der Waals surface area contributed by atoms with Crippen molar-refractivity contribution in [1.82, 2.24) is 14.6 Å². The van der Waals surface area contributed by atoms with E-state index in [2.05, 4.69) is 10.1 Å². The molecule has 0 aliphatic rings. The maximum absolute atomic E-state index is 13.3. The van der Waals surface area contributed by atoms with E-state index in [1.165, 1.54) is 10.6 Å². The topological polar surface area (TPSA) is 56.5 Å². The van der Waals surface area contributed by atoms with Crippen LogP contribution in [0.15, 0.2) is 41.4 Å². The van der Waals surface area contributed by atoms with E-state index in [9.17, 15) is 18.0 Å². The van der Waals surface area contributed by atoms with Crippen LogP contribution in [0.3, 0.4) is 0 Å². The molecule has 0 fully saturated rings. The second-order valence-corrected chi connectivity index (χ2v) is 9.01. The van der Waals surface area contributed by atoms with E-state index in [-0.39, 0.29) is 39.0 Å². The lowest BCUT2D eigenvalue weighted by Gasteiger charge is -2.13. The summed E-state index contributed by atoms with van der Waals surface area (Å²) >= 11 is 7.06. The van der Waals surface area contributed by atoms with E-state index in [0.29, 0.717) is 5.69 Å². The first-order valence-electron chi connectivity index (χ1n) is 9.00. The highest BCUT2D eigenvalue weighted by Crippen LogP contribution is 2.32. The molecule has 0 saturated carbocycles. The molecule has 160 valence electrons. The van der Waals surface area contributed by atoms with Crippen LogP contribution in [0.2, 0.25) is 5.02 Å². The van der Waals surface area contributed by atoms with Crippen molar-refractivity contribution in [1.29, 1.82) is 0 Å². The quantitative estimate of drug-likeness (QED) is 0.214. The van der Waals surface area contributed by atoms with Crippen molar-refractivity contribution in [2.24, 2.45) is 0 Å². The molecule has 1 aromatic carbocycles. The number of carbonyl (C=O) groups excluding carboxylic acids is 1. The fourth-order valence-electron chi connectivity index (χ4n) is 2.55. The molecule has 0 radical (unpaired) electrons. The summed E-state index contributed by atoms with van der Waals surface area (Å²) < 4.78 is 46.4.